The molecule has 0 N–H and O–H groups in total. The van der Waals surface area contributed by atoms with Crippen LogP contribution < -0.4 is 0 Å². The Morgan fingerprint density at radius 3 is 2.72 bits per heavy atom. The van der Waals surface area contributed by atoms with Crippen LogP contribution in [0.2, 0.25) is 0 Å². The number of aromatic nitrogens is 2. The number of likely N-dealkylation sites (tertiary alicyclic amines) is 1. The van der Waals surface area contributed by atoms with Crippen molar-refractivity contribution in [3.8, 4) is 5.69 Å². The number of benzene rings is 1. The molecular weight excluding hydrogens is 364 g/mol. The standard InChI is InChI=1S/C23H26N4O2/c1-25-13-11-20(12-14-25)26(18-22-8-5-15-29-22)23(28)10-9-19-16-24-27(17-19)21-6-3-2-4-7-21/h2-10,15-17,20H,11-14,18H2,1H3/b10-9+. The average Bonchev–Trinajstić information content (AvgIpc) is 3.44. The first-order chi connectivity index (χ1) is 14.2. The summed E-state index contributed by atoms with van der Waals surface area (Å²) in [6.45, 7) is 2.49. The van der Waals surface area contributed by atoms with Crippen molar-refractivity contribution in [3.05, 3.63) is 78.5 Å². The zero-order valence-electron chi connectivity index (χ0n) is 16.6. The molecule has 0 aliphatic carbocycles. The summed E-state index contributed by atoms with van der Waals surface area (Å²) in [6.07, 6.45) is 10.8. The van der Waals surface area contributed by atoms with Gasteiger partial charge in [0.05, 0.1) is 24.7 Å². The van der Waals surface area contributed by atoms with E-state index in [9.17, 15) is 4.79 Å². The highest BCUT2D eigenvalue weighted by Gasteiger charge is 2.26. The Morgan fingerprint density at radius 2 is 2.00 bits per heavy atom. The molecule has 6 nitrogen and oxygen atoms in total. The van der Waals surface area contributed by atoms with E-state index in [0.717, 1.165) is 42.9 Å². The second kappa shape index (κ2) is 8.92. The highest BCUT2D eigenvalue weighted by atomic mass is 16.3. The Kier molecular flexibility index (Phi) is 5.91. The fourth-order valence-electron chi connectivity index (χ4n) is 3.67. The van der Waals surface area contributed by atoms with Gasteiger partial charge in [-0.25, -0.2) is 4.68 Å². The summed E-state index contributed by atoms with van der Waals surface area (Å²) in [5, 5.41) is 4.39. The van der Waals surface area contributed by atoms with E-state index in [0.29, 0.717) is 6.54 Å². The van der Waals surface area contributed by atoms with Crippen LogP contribution in [0.4, 0.5) is 0 Å². The van der Waals surface area contributed by atoms with E-state index < -0.39 is 0 Å². The third-order valence-electron chi connectivity index (χ3n) is 5.36. The number of piperidine rings is 1. The minimum absolute atomic E-state index is 0.00316. The summed E-state index contributed by atoms with van der Waals surface area (Å²) in [5.74, 6) is 0.811. The second-order valence-electron chi connectivity index (χ2n) is 7.47. The molecule has 0 spiro atoms. The molecule has 3 heterocycles. The molecule has 0 radical (unpaired) electrons. The van der Waals surface area contributed by atoms with Gasteiger partial charge >= 0.3 is 0 Å². The lowest BCUT2D eigenvalue weighted by Crippen LogP contribution is -2.45. The van der Waals surface area contributed by atoms with Crippen LogP contribution in [0.1, 0.15) is 24.2 Å². The smallest absolute Gasteiger partial charge is 0.247 e. The molecule has 150 valence electrons. The Balaban J connectivity index is 1.47. The maximum atomic E-state index is 13.1. The zero-order chi connectivity index (χ0) is 20.1. The number of amides is 1. The van der Waals surface area contributed by atoms with Crippen LogP contribution in [0.25, 0.3) is 11.8 Å². The number of carbonyl (C=O) groups excluding carboxylic acids is 1. The fourth-order valence-corrected chi connectivity index (χ4v) is 3.67. The van der Waals surface area contributed by atoms with Crippen molar-refractivity contribution >= 4 is 12.0 Å². The van der Waals surface area contributed by atoms with Crippen LogP contribution in [0, 0.1) is 0 Å². The minimum atomic E-state index is 0.00316. The Labute approximate surface area is 171 Å². The van der Waals surface area contributed by atoms with Gasteiger partial charge in [0.2, 0.25) is 5.91 Å². The van der Waals surface area contributed by atoms with Crippen LogP contribution in [-0.4, -0.2) is 51.7 Å². The zero-order valence-corrected chi connectivity index (χ0v) is 16.6. The van der Waals surface area contributed by atoms with Gasteiger partial charge in [-0.2, -0.15) is 5.10 Å². The van der Waals surface area contributed by atoms with Crippen molar-refractivity contribution in [3.63, 3.8) is 0 Å². The summed E-state index contributed by atoms with van der Waals surface area (Å²) in [4.78, 5) is 17.3. The Bertz CT molecular complexity index is 938. The predicted octanol–water partition coefficient (Wildman–Crippen LogP) is 3.60. The van der Waals surface area contributed by atoms with E-state index in [1.54, 1.807) is 18.5 Å². The van der Waals surface area contributed by atoms with Crippen LogP contribution >= 0.6 is 0 Å². The average molecular weight is 390 g/mol. The summed E-state index contributed by atoms with van der Waals surface area (Å²) >= 11 is 0. The molecule has 0 saturated carbocycles. The van der Waals surface area contributed by atoms with E-state index in [4.69, 9.17) is 4.42 Å². The lowest BCUT2D eigenvalue weighted by atomic mass is 10.0. The first kappa shape index (κ1) is 19.2. The normalized spacial score (nSPS) is 15.8. The molecule has 0 unspecified atom stereocenters. The summed E-state index contributed by atoms with van der Waals surface area (Å²) in [7, 11) is 2.12. The SMILES string of the molecule is CN1CCC(N(Cc2ccco2)C(=O)/C=C/c2cnn(-c3ccccc3)c2)CC1. The minimum Gasteiger partial charge on any atom is -0.467 e. The van der Waals surface area contributed by atoms with Crippen LogP contribution in [-0.2, 0) is 11.3 Å². The van der Waals surface area contributed by atoms with E-state index in [-0.39, 0.29) is 11.9 Å². The highest BCUT2D eigenvalue weighted by molar-refractivity contribution is 5.91. The topological polar surface area (TPSA) is 54.5 Å². The molecule has 1 aliphatic rings. The van der Waals surface area contributed by atoms with E-state index >= 15 is 0 Å². The Hall–Kier alpha value is -3.12. The van der Waals surface area contributed by atoms with Gasteiger partial charge in [-0.3, -0.25) is 4.79 Å². The van der Waals surface area contributed by atoms with Gasteiger partial charge in [0.15, 0.2) is 0 Å². The lowest BCUT2D eigenvalue weighted by molar-refractivity contribution is -0.130. The van der Waals surface area contributed by atoms with Gasteiger partial charge in [0.25, 0.3) is 0 Å². The molecule has 1 saturated heterocycles. The molecule has 6 heteroatoms. The molecular formula is C23H26N4O2. The molecule has 0 bridgehead atoms. The lowest BCUT2D eigenvalue weighted by Gasteiger charge is -2.36. The number of hydrogen-bond acceptors (Lipinski definition) is 4. The maximum absolute atomic E-state index is 13.1. The number of nitrogens with zero attached hydrogens (tertiary/aromatic N) is 4. The van der Waals surface area contributed by atoms with E-state index in [1.165, 1.54) is 0 Å². The van der Waals surface area contributed by atoms with Crippen molar-refractivity contribution in [1.29, 1.82) is 0 Å². The van der Waals surface area contributed by atoms with Crippen molar-refractivity contribution in [2.24, 2.45) is 0 Å². The van der Waals surface area contributed by atoms with Gasteiger partial charge in [-0.15, -0.1) is 0 Å². The fraction of sp³-hybridized carbons (Fsp3) is 0.304. The monoisotopic (exact) mass is 390 g/mol. The molecule has 0 atom stereocenters. The molecule has 1 amide bonds. The molecule has 1 aromatic carbocycles. The molecule has 4 rings (SSSR count). The van der Waals surface area contributed by atoms with Crippen molar-refractivity contribution in [2.45, 2.75) is 25.4 Å². The quantitative estimate of drug-likeness (QED) is 0.604. The third kappa shape index (κ3) is 4.84. The number of para-hydroxylation sites is 1. The van der Waals surface area contributed by atoms with Crippen LogP contribution in [0.5, 0.6) is 0 Å². The van der Waals surface area contributed by atoms with Gasteiger partial charge in [0.1, 0.15) is 5.76 Å². The van der Waals surface area contributed by atoms with Crippen molar-refractivity contribution in [2.75, 3.05) is 20.1 Å². The Morgan fingerprint density at radius 1 is 1.21 bits per heavy atom. The predicted molar refractivity (Wildman–Crippen MR) is 112 cm³/mol. The van der Waals surface area contributed by atoms with E-state index in [1.807, 2.05) is 64.3 Å². The summed E-state index contributed by atoms with van der Waals surface area (Å²) < 4.78 is 7.31. The number of furan rings is 1. The molecule has 2 aromatic heterocycles. The molecule has 1 fully saturated rings. The third-order valence-corrected chi connectivity index (χ3v) is 5.36. The first-order valence-corrected chi connectivity index (χ1v) is 9.99. The van der Waals surface area contributed by atoms with Crippen molar-refractivity contribution < 1.29 is 9.21 Å². The van der Waals surface area contributed by atoms with Crippen molar-refractivity contribution in [1.82, 2.24) is 19.6 Å². The van der Waals surface area contributed by atoms with Gasteiger partial charge in [0, 0.05) is 23.9 Å². The first-order valence-electron chi connectivity index (χ1n) is 9.99. The molecule has 1 aliphatic heterocycles. The van der Waals surface area contributed by atoms with Gasteiger partial charge < -0.3 is 14.2 Å². The summed E-state index contributed by atoms with van der Waals surface area (Å²) in [6, 6.07) is 13.9. The highest BCUT2D eigenvalue weighted by Crippen LogP contribution is 2.20. The molecule has 29 heavy (non-hydrogen) atoms. The van der Waals surface area contributed by atoms with Crippen LogP contribution in [0.15, 0.2) is 71.6 Å². The van der Waals surface area contributed by atoms with Crippen LogP contribution in [0.3, 0.4) is 0 Å². The molecule has 3 aromatic rings. The maximum Gasteiger partial charge on any atom is 0.247 e. The second-order valence-corrected chi connectivity index (χ2v) is 7.47. The van der Waals surface area contributed by atoms with Gasteiger partial charge in [-0.05, 0) is 63.3 Å². The van der Waals surface area contributed by atoms with E-state index in [2.05, 4.69) is 17.0 Å². The summed E-state index contributed by atoms with van der Waals surface area (Å²) in [5.41, 5.74) is 1.88. The number of rotatable bonds is 6. The van der Waals surface area contributed by atoms with Gasteiger partial charge in [-0.1, -0.05) is 18.2 Å². The number of carbonyl (C=O) groups is 1. The number of hydrogen-bond donors (Lipinski definition) is 0. The largest absolute Gasteiger partial charge is 0.467 e.